The van der Waals surface area contributed by atoms with E-state index in [2.05, 4.69) is 22.5 Å². The molecule has 110 valence electrons. The summed E-state index contributed by atoms with van der Waals surface area (Å²) >= 11 is 0. The van der Waals surface area contributed by atoms with Crippen LogP contribution in [0.25, 0.3) is 0 Å². The Bertz CT molecular complexity index is 646. The van der Waals surface area contributed by atoms with Crippen LogP contribution in [0.2, 0.25) is 0 Å². The smallest absolute Gasteiger partial charge is 0.274 e. The van der Waals surface area contributed by atoms with Gasteiger partial charge >= 0.3 is 0 Å². The van der Waals surface area contributed by atoms with E-state index in [4.69, 9.17) is 0 Å². The van der Waals surface area contributed by atoms with Gasteiger partial charge in [0.2, 0.25) is 0 Å². The lowest BCUT2D eigenvalue weighted by molar-refractivity contribution is 0.0820. The Kier molecular flexibility index (Phi) is 3.75. The minimum absolute atomic E-state index is 0.0261. The molecule has 1 aliphatic heterocycles. The largest absolute Gasteiger partial charge is 0.343 e. The molecule has 0 saturated carbocycles. The number of fused-ring (bicyclic) bond motifs is 1. The molecule has 1 aromatic heterocycles. The lowest BCUT2D eigenvalue weighted by Crippen LogP contribution is -2.28. The standard InChI is InChI=1S/C16H20N4O/c1-19(2)16(21)15-13-10-17-9-8-14(13)20(18-15)11-12-6-4-3-5-7-12/h3-7,17H,8-11H2,1-2H3. The number of benzene rings is 1. The zero-order valence-electron chi connectivity index (χ0n) is 12.5. The summed E-state index contributed by atoms with van der Waals surface area (Å²) in [6.07, 6.45) is 0.913. The van der Waals surface area contributed by atoms with Crippen molar-refractivity contribution in [2.24, 2.45) is 0 Å². The van der Waals surface area contributed by atoms with Gasteiger partial charge in [0.15, 0.2) is 5.69 Å². The first-order valence-corrected chi connectivity index (χ1v) is 7.21. The third-order valence-corrected chi connectivity index (χ3v) is 3.79. The van der Waals surface area contributed by atoms with Crippen molar-refractivity contribution in [3.8, 4) is 0 Å². The molecule has 0 radical (unpaired) electrons. The van der Waals surface area contributed by atoms with Crippen LogP contribution in [0.1, 0.15) is 27.3 Å². The van der Waals surface area contributed by atoms with E-state index in [1.807, 2.05) is 22.9 Å². The van der Waals surface area contributed by atoms with Gasteiger partial charge in [-0.05, 0) is 5.56 Å². The monoisotopic (exact) mass is 284 g/mol. The van der Waals surface area contributed by atoms with Gasteiger partial charge in [-0.2, -0.15) is 5.10 Å². The molecule has 1 aliphatic rings. The maximum Gasteiger partial charge on any atom is 0.274 e. The van der Waals surface area contributed by atoms with Gasteiger partial charge in [-0.15, -0.1) is 0 Å². The topological polar surface area (TPSA) is 50.2 Å². The molecule has 1 N–H and O–H groups in total. The van der Waals surface area contributed by atoms with Gasteiger partial charge in [-0.25, -0.2) is 0 Å². The van der Waals surface area contributed by atoms with Crippen molar-refractivity contribution in [3.05, 3.63) is 52.8 Å². The summed E-state index contributed by atoms with van der Waals surface area (Å²) in [4.78, 5) is 13.9. The maximum atomic E-state index is 12.3. The van der Waals surface area contributed by atoms with Crippen LogP contribution in [0.5, 0.6) is 0 Å². The molecular weight excluding hydrogens is 264 g/mol. The third kappa shape index (κ3) is 2.69. The Balaban J connectivity index is 1.99. The maximum absolute atomic E-state index is 12.3. The predicted octanol–water partition coefficient (Wildman–Crippen LogP) is 1.28. The summed E-state index contributed by atoms with van der Waals surface area (Å²) in [7, 11) is 3.53. The fourth-order valence-corrected chi connectivity index (χ4v) is 2.69. The molecule has 0 unspecified atom stereocenters. The summed E-state index contributed by atoms with van der Waals surface area (Å²) < 4.78 is 1.99. The second-order valence-corrected chi connectivity index (χ2v) is 5.54. The van der Waals surface area contributed by atoms with Gasteiger partial charge in [0.1, 0.15) is 0 Å². The molecule has 0 atom stereocenters. The molecule has 0 spiro atoms. The summed E-state index contributed by atoms with van der Waals surface area (Å²) in [6, 6.07) is 10.2. The second-order valence-electron chi connectivity index (χ2n) is 5.54. The fraction of sp³-hybridized carbons (Fsp3) is 0.375. The number of nitrogens with one attached hydrogen (secondary N) is 1. The van der Waals surface area contributed by atoms with Crippen molar-refractivity contribution in [1.29, 1.82) is 0 Å². The number of amides is 1. The van der Waals surface area contributed by atoms with Gasteiger partial charge in [0, 0.05) is 44.9 Å². The molecule has 21 heavy (non-hydrogen) atoms. The average Bonchev–Trinajstić information content (AvgIpc) is 2.86. The molecule has 2 heterocycles. The molecule has 0 saturated heterocycles. The van der Waals surface area contributed by atoms with Crippen LogP contribution in [0.4, 0.5) is 0 Å². The van der Waals surface area contributed by atoms with Crippen LogP contribution in [0.15, 0.2) is 30.3 Å². The van der Waals surface area contributed by atoms with Crippen LogP contribution in [0.3, 0.4) is 0 Å². The van der Waals surface area contributed by atoms with Gasteiger partial charge in [0.25, 0.3) is 5.91 Å². The lowest BCUT2D eigenvalue weighted by atomic mass is 10.1. The van der Waals surface area contributed by atoms with Gasteiger partial charge in [0.05, 0.1) is 6.54 Å². The van der Waals surface area contributed by atoms with Crippen LogP contribution in [-0.4, -0.2) is 41.2 Å². The van der Waals surface area contributed by atoms with E-state index in [0.29, 0.717) is 12.2 Å². The van der Waals surface area contributed by atoms with Crippen molar-refractivity contribution in [2.75, 3.05) is 20.6 Å². The van der Waals surface area contributed by atoms with Gasteiger partial charge in [-0.1, -0.05) is 30.3 Å². The van der Waals surface area contributed by atoms with Crippen molar-refractivity contribution in [1.82, 2.24) is 20.0 Å². The SMILES string of the molecule is CN(C)C(=O)c1nn(Cc2ccccc2)c2c1CNCC2. The van der Waals surface area contributed by atoms with E-state index in [-0.39, 0.29) is 5.91 Å². The van der Waals surface area contributed by atoms with E-state index in [9.17, 15) is 4.79 Å². The van der Waals surface area contributed by atoms with E-state index in [1.165, 1.54) is 11.3 Å². The van der Waals surface area contributed by atoms with Gasteiger partial charge in [-0.3, -0.25) is 9.48 Å². The molecule has 2 aromatic rings. The number of carbonyl (C=O) groups is 1. The highest BCUT2D eigenvalue weighted by Crippen LogP contribution is 2.20. The summed E-state index contributed by atoms with van der Waals surface area (Å²) in [5.74, 6) is -0.0261. The Labute approximate surface area is 124 Å². The minimum Gasteiger partial charge on any atom is -0.343 e. The Morgan fingerprint density at radius 1 is 1.33 bits per heavy atom. The van der Waals surface area contributed by atoms with Crippen LogP contribution in [-0.2, 0) is 19.5 Å². The zero-order valence-corrected chi connectivity index (χ0v) is 12.5. The Hall–Kier alpha value is -2.14. The highest BCUT2D eigenvalue weighted by atomic mass is 16.2. The van der Waals surface area contributed by atoms with Crippen LogP contribution >= 0.6 is 0 Å². The molecule has 3 rings (SSSR count). The Morgan fingerprint density at radius 2 is 2.10 bits per heavy atom. The third-order valence-electron chi connectivity index (χ3n) is 3.79. The first-order chi connectivity index (χ1) is 10.2. The van der Waals surface area contributed by atoms with Crippen molar-refractivity contribution < 1.29 is 4.79 Å². The molecular formula is C16H20N4O. The lowest BCUT2D eigenvalue weighted by Gasteiger charge is -2.16. The fourth-order valence-electron chi connectivity index (χ4n) is 2.69. The number of nitrogens with zero attached hydrogens (tertiary/aromatic N) is 3. The molecule has 1 aromatic carbocycles. The molecule has 5 nitrogen and oxygen atoms in total. The normalized spacial score (nSPS) is 13.8. The summed E-state index contributed by atoms with van der Waals surface area (Å²) in [6.45, 7) is 2.37. The first kappa shape index (κ1) is 13.8. The second kappa shape index (κ2) is 5.69. The first-order valence-electron chi connectivity index (χ1n) is 7.21. The van der Waals surface area contributed by atoms with Crippen molar-refractivity contribution in [2.45, 2.75) is 19.5 Å². The molecule has 0 bridgehead atoms. The molecule has 0 aliphatic carbocycles. The number of carbonyl (C=O) groups excluding carboxylic acids is 1. The number of aromatic nitrogens is 2. The molecule has 1 amide bonds. The van der Waals surface area contributed by atoms with Crippen molar-refractivity contribution >= 4 is 5.91 Å². The van der Waals surface area contributed by atoms with Crippen LogP contribution in [0, 0.1) is 0 Å². The average molecular weight is 284 g/mol. The highest BCUT2D eigenvalue weighted by Gasteiger charge is 2.25. The van der Waals surface area contributed by atoms with E-state index < -0.39 is 0 Å². The molecule has 0 fully saturated rings. The minimum atomic E-state index is -0.0261. The highest BCUT2D eigenvalue weighted by molar-refractivity contribution is 5.93. The number of hydrogen-bond acceptors (Lipinski definition) is 3. The molecule has 5 heteroatoms. The van der Waals surface area contributed by atoms with Crippen molar-refractivity contribution in [3.63, 3.8) is 0 Å². The quantitative estimate of drug-likeness (QED) is 0.923. The van der Waals surface area contributed by atoms with E-state index in [1.54, 1.807) is 19.0 Å². The number of rotatable bonds is 3. The Morgan fingerprint density at radius 3 is 2.81 bits per heavy atom. The van der Waals surface area contributed by atoms with Crippen LogP contribution < -0.4 is 5.32 Å². The summed E-state index contributed by atoms with van der Waals surface area (Å²) in [5.41, 5.74) is 4.02. The van der Waals surface area contributed by atoms with Gasteiger partial charge < -0.3 is 10.2 Å². The summed E-state index contributed by atoms with van der Waals surface area (Å²) in [5, 5.41) is 7.92. The zero-order chi connectivity index (χ0) is 14.8. The number of hydrogen-bond donors (Lipinski definition) is 1. The van der Waals surface area contributed by atoms with E-state index >= 15 is 0 Å². The predicted molar refractivity (Wildman–Crippen MR) is 81.2 cm³/mol. The van der Waals surface area contributed by atoms with E-state index in [0.717, 1.165) is 25.1 Å².